The number of likely N-dealkylation sites (N-methyl/N-ethyl adjacent to an activating group) is 1. The Labute approximate surface area is 112 Å². The van der Waals surface area contributed by atoms with Gasteiger partial charge in [0.2, 0.25) is 0 Å². The van der Waals surface area contributed by atoms with Gasteiger partial charge >= 0.3 is 0 Å². The van der Waals surface area contributed by atoms with Gasteiger partial charge in [-0.1, -0.05) is 36.7 Å². The number of nitrogens with one attached hydrogen (secondary N) is 1. The lowest BCUT2D eigenvalue weighted by molar-refractivity contribution is 0.547. The van der Waals surface area contributed by atoms with Crippen molar-refractivity contribution in [3.63, 3.8) is 0 Å². The number of benzene rings is 1. The van der Waals surface area contributed by atoms with E-state index in [1.807, 2.05) is 24.3 Å². The highest BCUT2D eigenvalue weighted by molar-refractivity contribution is 6.31. The zero-order valence-corrected chi connectivity index (χ0v) is 11.1. The molecule has 0 bridgehead atoms. The van der Waals surface area contributed by atoms with Crippen LogP contribution < -0.4 is 5.32 Å². The molecule has 1 aromatic heterocycles. The molecular weight excluding hydrogens is 246 g/mol. The largest absolute Gasteiger partial charge is 0.310 e. The lowest BCUT2D eigenvalue weighted by Crippen LogP contribution is -2.23. The summed E-state index contributed by atoms with van der Waals surface area (Å²) >= 11 is 6.20. The molecule has 0 saturated heterocycles. The molecule has 1 heterocycles. The summed E-state index contributed by atoms with van der Waals surface area (Å²) in [4.78, 5) is 0. The molecule has 1 N–H and O–H groups in total. The van der Waals surface area contributed by atoms with Gasteiger partial charge in [0.15, 0.2) is 0 Å². The van der Waals surface area contributed by atoms with Crippen LogP contribution in [0.15, 0.2) is 42.7 Å². The highest BCUT2D eigenvalue weighted by Crippen LogP contribution is 2.22. The summed E-state index contributed by atoms with van der Waals surface area (Å²) in [6, 6.07) is 10.1. The number of rotatable bonds is 5. The number of hydrogen-bond donors (Lipinski definition) is 1. The van der Waals surface area contributed by atoms with Crippen LogP contribution in [0.5, 0.6) is 0 Å². The Balaban J connectivity index is 2.19. The van der Waals surface area contributed by atoms with E-state index in [0.29, 0.717) is 0 Å². The Morgan fingerprint density at radius 1 is 1.22 bits per heavy atom. The third kappa shape index (κ3) is 3.28. The zero-order valence-electron chi connectivity index (χ0n) is 10.3. The Morgan fingerprint density at radius 3 is 2.72 bits per heavy atom. The normalized spacial score (nSPS) is 12.3. The van der Waals surface area contributed by atoms with Gasteiger partial charge in [-0.3, -0.25) is 0 Å². The number of hydrogen-bond acceptors (Lipinski definition) is 3. The average Bonchev–Trinajstić information content (AvgIpc) is 2.42. The molecule has 3 nitrogen and oxygen atoms in total. The predicted octanol–water partition coefficient (Wildman–Crippen LogP) is 3.02. The summed E-state index contributed by atoms with van der Waals surface area (Å²) in [7, 11) is 0. The smallest absolute Gasteiger partial charge is 0.0544 e. The Hall–Kier alpha value is -1.45. The van der Waals surface area contributed by atoms with Crippen LogP contribution in [-0.2, 0) is 6.42 Å². The van der Waals surface area contributed by atoms with Crippen molar-refractivity contribution in [3.8, 4) is 0 Å². The second kappa shape index (κ2) is 6.47. The Kier molecular flexibility index (Phi) is 4.67. The minimum Gasteiger partial charge on any atom is -0.310 e. The molecule has 4 heteroatoms. The highest BCUT2D eigenvalue weighted by Gasteiger charge is 2.12. The maximum Gasteiger partial charge on any atom is 0.0544 e. The topological polar surface area (TPSA) is 37.8 Å². The van der Waals surface area contributed by atoms with E-state index < -0.39 is 0 Å². The second-order valence-corrected chi connectivity index (χ2v) is 4.49. The van der Waals surface area contributed by atoms with Crippen LogP contribution in [0.4, 0.5) is 0 Å². The van der Waals surface area contributed by atoms with Crippen LogP contribution in [0, 0.1) is 0 Å². The standard InChI is InChI=1S/C14H16ClN3/c1-2-16-14(12-7-8-17-18-10-12)9-11-5-3-4-6-13(11)15/h3-8,10,14,16H,2,9H2,1H3. The van der Waals surface area contributed by atoms with Crippen molar-refractivity contribution in [2.24, 2.45) is 0 Å². The fraction of sp³-hybridized carbons (Fsp3) is 0.286. The van der Waals surface area contributed by atoms with E-state index in [0.717, 1.165) is 29.1 Å². The zero-order chi connectivity index (χ0) is 12.8. The van der Waals surface area contributed by atoms with E-state index in [-0.39, 0.29) is 6.04 Å². The molecule has 18 heavy (non-hydrogen) atoms. The van der Waals surface area contributed by atoms with E-state index in [4.69, 9.17) is 11.6 Å². The third-order valence-electron chi connectivity index (χ3n) is 2.84. The van der Waals surface area contributed by atoms with Crippen LogP contribution in [0.2, 0.25) is 5.02 Å². The van der Waals surface area contributed by atoms with Crippen LogP contribution in [-0.4, -0.2) is 16.7 Å². The number of halogens is 1. The number of nitrogens with zero attached hydrogens (tertiary/aromatic N) is 2. The van der Waals surface area contributed by atoms with Gasteiger partial charge in [0.05, 0.1) is 6.20 Å². The van der Waals surface area contributed by atoms with Crippen molar-refractivity contribution in [3.05, 3.63) is 58.9 Å². The molecule has 1 aromatic carbocycles. The van der Waals surface area contributed by atoms with Crippen molar-refractivity contribution in [1.29, 1.82) is 0 Å². The Morgan fingerprint density at radius 2 is 2.06 bits per heavy atom. The lowest BCUT2D eigenvalue weighted by Gasteiger charge is -2.18. The van der Waals surface area contributed by atoms with E-state index in [9.17, 15) is 0 Å². The molecule has 2 aromatic rings. The van der Waals surface area contributed by atoms with Gasteiger partial charge < -0.3 is 5.32 Å². The minimum absolute atomic E-state index is 0.213. The van der Waals surface area contributed by atoms with Gasteiger partial charge in [0.1, 0.15) is 0 Å². The minimum atomic E-state index is 0.213. The van der Waals surface area contributed by atoms with Gasteiger partial charge in [-0.15, -0.1) is 0 Å². The van der Waals surface area contributed by atoms with E-state index in [1.165, 1.54) is 0 Å². The van der Waals surface area contributed by atoms with Crippen molar-refractivity contribution in [1.82, 2.24) is 15.5 Å². The first-order chi connectivity index (χ1) is 8.81. The van der Waals surface area contributed by atoms with Crippen LogP contribution in [0.25, 0.3) is 0 Å². The maximum atomic E-state index is 6.20. The molecule has 2 rings (SSSR count). The van der Waals surface area contributed by atoms with E-state index >= 15 is 0 Å². The van der Waals surface area contributed by atoms with Gasteiger partial charge in [-0.2, -0.15) is 10.2 Å². The molecule has 0 aliphatic rings. The summed E-state index contributed by atoms with van der Waals surface area (Å²) < 4.78 is 0. The first-order valence-electron chi connectivity index (χ1n) is 6.04. The van der Waals surface area contributed by atoms with Crippen LogP contribution in [0.1, 0.15) is 24.1 Å². The van der Waals surface area contributed by atoms with Crippen molar-refractivity contribution >= 4 is 11.6 Å². The summed E-state index contributed by atoms with van der Waals surface area (Å²) in [6.07, 6.45) is 4.36. The fourth-order valence-electron chi connectivity index (χ4n) is 1.95. The lowest BCUT2D eigenvalue weighted by atomic mass is 10.0. The van der Waals surface area contributed by atoms with Gasteiger partial charge in [0.25, 0.3) is 0 Å². The molecule has 0 radical (unpaired) electrons. The molecule has 0 saturated carbocycles. The molecule has 1 atom stereocenters. The predicted molar refractivity (Wildman–Crippen MR) is 73.6 cm³/mol. The van der Waals surface area contributed by atoms with Crippen molar-refractivity contribution in [2.45, 2.75) is 19.4 Å². The second-order valence-electron chi connectivity index (χ2n) is 4.08. The van der Waals surface area contributed by atoms with E-state index in [1.54, 1.807) is 12.4 Å². The summed E-state index contributed by atoms with van der Waals surface area (Å²) in [5.74, 6) is 0. The summed E-state index contributed by atoms with van der Waals surface area (Å²) in [6.45, 7) is 2.99. The van der Waals surface area contributed by atoms with Crippen LogP contribution in [0.3, 0.4) is 0 Å². The van der Waals surface area contributed by atoms with Crippen molar-refractivity contribution < 1.29 is 0 Å². The molecule has 94 valence electrons. The van der Waals surface area contributed by atoms with Gasteiger partial charge in [0, 0.05) is 17.3 Å². The van der Waals surface area contributed by atoms with Gasteiger partial charge in [-0.25, -0.2) is 0 Å². The Bertz CT molecular complexity index is 487. The molecule has 0 spiro atoms. The molecule has 0 aliphatic heterocycles. The molecule has 0 fully saturated rings. The van der Waals surface area contributed by atoms with Gasteiger partial charge in [-0.05, 0) is 36.2 Å². The number of aromatic nitrogens is 2. The first kappa shape index (κ1) is 13.0. The quantitative estimate of drug-likeness (QED) is 0.899. The molecular formula is C14H16ClN3. The first-order valence-corrected chi connectivity index (χ1v) is 6.42. The fourth-order valence-corrected chi connectivity index (χ4v) is 2.16. The summed E-state index contributed by atoms with van der Waals surface area (Å²) in [5, 5.41) is 12.0. The average molecular weight is 262 g/mol. The summed E-state index contributed by atoms with van der Waals surface area (Å²) in [5.41, 5.74) is 2.27. The van der Waals surface area contributed by atoms with Crippen LogP contribution >= 0.6 is 11.6 Å². The molecule has 1 unspecified atom stereocenters. The molecule has 0 amide bonds. The molecule has 0 aliphatic carbocycles. The highest BCUT2D eigenvalue weighted by atomic mass is 35.5. The SMILES string of the molecule is CCNC(Cc1ccccc1Cl)c1ccnnc1. The third-order valence-corrected chi connectivity index (χ3v) is 3.21. The monoisotopic (exact) mass is 261 g/mol. The van der Waals surface area contributed by atoms with E-state index in [2.05, 4.69) is 28.5 Å². The maximum absolute atomic E-state index is 6.20. The van der Waals surface area contributed by atoms with Crippen molar-refractivity contribution in [2.75, 3.05) is 6.54 Å².